The Kier molecular flexibility index (Phi) is 1.73. The van der Waals surface area contributed by atoms with Crippen molar-refractivity contribution in [1.29, 1.82) is 0 Å². The number of benzene rings is 1. The highest BCUT2D eigenvalue weighted by Gasteiger charge is 2.33. The minimum Gasteiger partial charge on any atom is -0.375 e. The number of hydrogen-bond donors (Lipinski definition) is 1. The fourth-order valence-corrected chi connectivity index (χ4v) is 2.57. The first-order valence-electron chi connectivity index (χ1n) is 4.63. The van der Waals surface area contributed by atoms with Crippen molar-refractivity contribution in [2.24, 2.45) is 0 Å². The Morgan fingerprint density at radius 1 is 1.06 bits per heavy atom. The number of carbonyl (C=O) groups is 2. The molecule has 78 valence electrons. The van der Waals surface area contributed by atoms with Gasteiger partial charge in [-0.3, -0.25) is 9.59 Å². The van der Waals surface area contributed by atoms with E-state index in [2.05, 4.69) is 4.98 Å². The molecule has 1 aliphatic rings. The summed E-state index contributed by atoms with van der Waals surface area (Å²) in [6.45, 7) is 0. The molecule has 5 heteroatoms. The van der Waals surface area contributed by atoms with Crippen LogP contribution in [0.3, 0.4) is 0 Å². The molecule has 1 aromatic carbocycles. The molecule has 0 spiro atoms. The van der Waals surface area contributed by atoms with E-state index in [0.29, 0.717) is 26.8 Å². The Morgan fingerprint density at radius 3 is 2.50 bits per heavy atom. The van der Waals surface area contributed by atoms with E-state index in [4.69, 9.17) is 5.73 Å². The predicted molar refractivity (Wildman–Crippen MR) is 60.6 cm³/mol. The standard InChI is InChI=1S/C11H6N2O2S/c12-11-13-7-5-3-1-2-4-6(5)8(14)9(15)10(7)16-11/h1-4H,(H2,12,13). The molecule has 0 radical (unpaired) electrons. The van der Waals surface area contributed by atoms with Gasteiger partial charge in [0.15, 0.2) is 5.13 Å². The number of nitrogens with zero attached hydrogens (tertiary/aromatic N) is 1. The Hall–Kier alpha value is -2.01. The SMILES string of the molecule is Nc1nc2c(s1)C(=O)C(=O)c1ccccc1-2. The molecule has 16 heavy (non-hydrogen) atoms. The molecule has 1 aliphatic carbocycles. The molecule has 4 nitrogen and oxygen atoms in total. The molecule has 2 aromatic rings. The highest BCUT2D eigenvalue weighted by atomic mass is 32.1. The van der Waals surface area contributed by atoms with Crippen LogP contribution in [0.25, 0.3) is 11.3 Å². The number of rotatable bonds is 0. The number of Topliss-reactive ketones (excluding diaryl/α,β-unsaturated/α-hetero) is 2. The highest BCUT2D eigenvalue weighted by molar-refractivity contribution is 7.18. The van der Waals surface area contributed by atoms with Crippen LogP contribution < -0.4 is 5.73 Å². The van der Waals surface area contributed by atoms with Gasteiger partial charge in [-0.25, -0.2) is 4.98 Å². The average molecular weight is 230 g/mol. The van der Waals surface area contributed by atoms with E-state index in [0.717, 1.165) is 11.3 Å². The number of nitrogens with two attached hydrogens (primary N) is 1. The first-order valence-corrected chi connectivity index (χ1v) is 5.45. The smallest absolute Gasteiger partial charge is 0.245 e. The van der Waals surface area contributed by atoms with Crippen LogP contribution in [0.15, 0.2) is 24.3 Å². The van der Waals surface area contributed by atoms with Gasteiger partial charge in [-0.05, 0) is 0 Å². The Bertz CT molecular complexity index is 631. The van der Waals surface area contributed by atoms with Crippen LogP contribution in [-0.4, -0.2) is 16.6 Å². The highest BCUT2D eigenvalue weighted by Crippen LogP contribution is 2.36. The Morgan fingerprint density at radius 2 is 1.75 bits per heavy atom. The predicted octanol–water partition coefficient (Wildman–Crippen LogP) is 1.77. The monoisotopic (exact) mass is 230 g/mol. The van der Waals surface area contributed by atoms with Crippen LogP contribution in [-0.2, 0) is 0 Å². The maximum atomic E-state index is 11.8. The fourth-order valence-electron chi connectivity index (χ4n) is 1.79. The molecule has 0 bridgehead atoms. The molecule has 2 N–H and O–H groups in total. The van der Waals surface area contributed by atoms with Crippen molar-refractivity contribution in [2.75, 3.05) is 5.73 Å². The molecule has 0 saturated carbocycles. The molecular weight excluding hydrogens is 224 g/mol. The number of fused-ring (bicyclic) bond motifs is 3. The minimum atomic E-state index is -0.511. The molecule has 1 aromatic heterocycles. The van der Waals surface area contributed by atoms with Crippen molar-refractivity contribution < 1.29 is 9.59 Å². The molecular formula is C11H6N2O2S. The average Bonchev–Trinajstić information content (AvgIpc) is 2.68. The lowest BCUT2D eigenvalue weighted by atomic mass is 9.92. The molecule has 0 atom stereocenters. The zero-order valence-electron chi connectivity index (χ0n) is 8.06. The fraction of sp³-hybridized carbons (Fsp3) is 0. The number of anilines is 1. The summed E-state index contributed by atoms with van der Waals surface area (Å²) in [5, 5.41) is 0.308. The molecule has 3 rings (SSSR count). The van der Waals surface area contributed by atoms with E-state index >= 15 is 0 Å². The van der Waals surface area contributed by atoms with Crippen LogP contribution in [0.2, 0.25) is 0 Å². The van der Waals surface area contributed by atoms with Crippen molar-refractivity contribution >= 4 is 28.0 Å². The number of carbonyl (C=O) groups excluding carboxylic acids is 2. The van der Waals surface area contributed by atoms with Gasteiger partial charge in [0, 0.05) is 11.1 Å². The van der Waals surface area contributed by atoms with E-state index in [-0.39, 0.29) is 0 Å². The van der Waals surface area contributed by atoms with Crippen LogP contribution in [0.5, 0.6) is 0 Å². The Labute approximate surface area is 94.7 Å². The second-order valence-electron chi connectivity index (χ2n) is 3.43. The van der Waals surface area contributed by atoms with Crippen LogP contribution in [0, 0.1) is 0 Å². The van der Waals surface area contributed by atoms with Gasteiger partial charge in [0.05, 0.1) is 5.69 Å². The largest absolute Gasteiger partial charge is 0.375 e. The third-order valence-electron chi connectivity index (χ3n) is 2.48. The molecule has 1 heterocycles. The molecule has 0 saturated heterocycles. The van der Waals surface area contributed by atoms with Gasteiger partial charge in [-0.1, -0.05) is 35.6 Å². The summed E-state index contributed by atoms with van der Waals surface area (Å²) in [6, 6.07) is 6.94. The number of thiazole rings is 1. The van der Waals surface area contributed by atoms with Crippen molar-refractivity contribution in [3.8, 4) is 11.3 Å². The topological polar surface area (TPSA) is 73.0 Å². The summed E-state index contributed by atoms with van der Waals surface area (Å²) in [5.41, 5.74) is 7.19. The zero-order chi connectivity index (χ0) is 11.3. The summed E-state index contributed by atoms with van der Waals surface area (Å²) < 4.78 is 0. The molecule has 0 aliphatic heterocycles. The van der Waals surface area contributed by atoms with Gasteiger partial charge in [-0.2, -0.15) is 0 Å². The normalized spacial score (nSPS) is 13.5. The van der Waals surface area contributed by atoms with Crippen molar-refractivity contribution in [2.45, 2.75) is 0 Å². The molecule has 0 amide bonds. The van der Waals surface area contributed by atoms with E-state index in [9.17, 15) is 9.59 Å². The first kappa shape index (κ1) is 9.23. The second kappa shape index (κ2) is 2.99. The van der Waals surface area contributed by atoms with E-state index < -0.39 is 11.6 Å². The van der Waals surface area contributed by atoms with Gasteiger partial charge in [-0.15, -0.1) is 0 Å². The van der Waals surface area contributed by atoms with Crippen LogP contribution in [0.4, 0.5) is 5.13 Å². The minimum absolute atomic E-state index is 0.308. The van der Waals surface area contributed by atoms with Crippen LogP contribution >= 0.6 is 11.3 Å². The van der Waals surface area contributed by atoms with E-state index in [1.807, 2.05) is 0 Å². The lowest BCUT2D eigenvalue weighted by Crippen LogP contribution is -2.19. The van der Waals surface area contributed by atoms with Gasteiger partial charge < -0.3 is 5.73 Å². The lowest BCUT2D eigenvalue weighted by molar-refractivity contribution is 0.0817. The lowest BCUT2D eigenvalue weighted by Gasteiger charge is -2.11. The third-order valence-corrected chi connectivity index (χ3v) is 3.37. The second-order valence-corrected chi connectivity index (χ2v) is 4.46. The number of hydrogen-bond acceptors (Lipinski definition) is 5. The maximum absolute atomic E-state index is 11.8. The van der Waals surface area contributed by atoms with Gasteiger partial charge in [0.25, 0.3) is 0 Å². The number of aromatic nitrogens is 1. The van der Waals surface area contributed by atoms with Crippen LogP contribution in [0.1, 0.15) is 20.0 Å². The summed E-state index contributed by atoms with van der Waals surface area (Å²) in [7, 11) is 0. The summed E-state index contributed by atoms with van der Waals surface area (Å²) >= 11 is 1.06. The molecule has 0 unspecified atom stereocenters. The summed E-state index contributed by atoms with van der Waals surface area (Å²) in [4.78, 5) is 28.0. The van der Waals surface area contributed by atoms with Gasteiger partial charge in [0.2, 0.25) is 11.6 Å². The quantitative estimate of drug-likeness (QED) is 0.700. The van der Waals surface area contributed by atoms with E-state index in [1.165, 1.54) is 0 Å². The van der Waals surface area contributed by atoms with Gasteiger partial charge in [0.1, 0.15) is 4.88 Å². The Balaban J connectivity index is 2.41. The number of nitrogen functional groups attached to an aromatic ring is 1. The maximum Gasteiger partial charge on any atom is 0.245 e. The molecule has 0 fully saturated rings. The van der Waals surface area contributed by atoms with Gasteiger partial charge >= 0.3 is 0 Å². The summed E-state index contributed by atoms with van der Waals surface area (Å²) in [6.07, 6.45) is 0. The van der Waals surface area contributed by atoms with Crippen molar-refractivity contribution in [3.05, 3.63) is 34.7 Å². The number of ketones is 2. The first-order chi connectivity index (χ1) is 7.68. The van der Waals surface area contributed by atoms with E-state index in [1.54, 1.807) is 24.3 Å². The zero-order valence-corrected chi connectivity index (χ0v) is 8.88. The van der Waals surface area contributed by atoms with Crippen molar-refractivity contribution in [1.82, 2.24) is 4.98 Å². The van der Waals surface area contributed by atoms with Crippen molar-refractivity contribution in [3.63, 3.8) is 0 Å². The summed E-state index contributed by atoms with van der Waals surface area (Å²) in [5.74, 6) is -0.991. The third kappa shape index (κ3) is 1.06.